The minimum atomic E-state index is -0.0290. The van der Waals surface area contributed by atoms with Gasteiger partial charge in [-0.25, -0.2) is 4.79 Å². The molecule has 0 bridgehead atoms. The molecule has 114 valence electrons. The Kier molecular flexibility index (Phi) is 4.35. The highest BCUT2D eigenvalue weighted by Crippen LogP contribution is 2.16. The van der Waals surface area contributed by atoms with Crippen molar-refractivity contribution >= 4 is 17.6 Å². The summed E-state index contributed by atoms with van der Waals surface area (Å²) in [5.41, 5.74) is 8.05. The number of urea groups is 1. The first kappa shape index (κ1) is 15.2. The van der Waals surface area contributed by atoms with Gasteiger partial charge in [0.15, 0.2) is 0 Å². The molecule has 1 aromatic rings. The number of hydrogen-bond donors (Lipinski definition) is 1. The van der Waals surface area contributed by atoms with Crippen molar-refractivity contribution in [3.63, 3.8) is 0 Å². The van der Waals surface area contributed by atoms with Crippen molar-refractivity contribution in [1.82, 2.24) is 14.7 Å². The quantitative estimate of drug-likeness (QED) is 0.785. The Morgan fingerprint density at radius 1 is 1.10 bits per heavy atom. The zero-order valence-electron chi connectivity index (χ0n) is 12.8. The molecule has 2 N–H and O–H groups in total. The normalized spacial score (nSPS) is 15.0. The molecule has 1 fully saturated rings. The van der Waals surface area contributed by atoms with Crippen LogP contribution >= 0.6 is 0 Å². The minimum Gasteiger partial charge on any atom is -0.398 e. The molecule has 0 atom stereocenters. The monoisotopic (exact) mass is 290 g/mol. The molecule has 0 spiro atoms. The van der Waals surface area contributed by atoms with Crippen molar-refractivity contribution < 1.29 is 9.59 Å². The highest BCUT2D eigenvalue weighted by atomic mass is 16.2. The molecule has 0 saturated carbocycles. The number of nitrogens with zero attached hydrogens (tertiary/aromatic N) is 3. The van der Waals surface area contributed by atoms with Crippen molar-refractivity contribution in [2.45, 2.75) is 6.92 Å². The lowest BCUT2D eigenvalue weighted by Gasteiger charge is -2.36. The number of anilines is 1. The molecule has 6 nitrogen and oxygen atoms in total. The number of nitrogens with two attached hydrogens (primary N) is 1. The summed E-state index contributed by atoms with van der Waals surface area (Å²) in [4.78, 5) is 29.4. The van der Waals surface area contributed by atoms with Crippen molar-refractivity contribution in [3.8, 4) is 0 Å². The van der Waals surface area contributed by atoms with Crippen molar-refractivity contribution in [2.75, 3.05) is 46.0 Å². The Labute approximate surface area is 125 Å². The molecule has 1 aromatic carbocycles. The van der Waals surface area contributed by atoms with E-state index in [9.17, 15) is 9.59 Å². The Balaban J connectivity index is 2.00. The predicted octanol–water partition coefficient (Wildman–Crippen LogP) is 1.02. The molecule has 1 aliphatic heterocycles. The van der Waals surface area contributed by atoms with E-state index in [-0.39, 0.29) is 11.9 Å². The summed E-state index contributed by atoms with van der Waals surface area (Å²) in [6.07, 6.45) is 0. The third-order valence-electron chi connectivity index (χ3n) is 3.75. The SMILES string of the molecule is Cc1ccc(C(=O)N2CCN(C(=O)N(C)C)CC2)cc1N. The van der Waals surface area contributed by atoms with Gasteiger partial charge in [0.1, 0.15) is 0 Å². The number of carbonyl (C=O) groups excluding carboxylic acids is 2. The molecule has 0 aliphatic carbocycles. The zero-order valence-corrected chi connectivity index (χ0v) is 12.8. The van der Waals surface area contributed by atoms with Crippen LogP contribution in [0.3, 0.4) is 0 Å². The Hall–Kier alpha value is -2.24. The maximum Gasteiger partial charge on any atom is 0.319 e. The number of aryl methyl sites for hydroxylation is 1. The summed E-state index contributed by atoms with van der Waals surface area (Å²) in [7, 11) is 3.46. The first-order valence-corrected chi connectivity index (χ1v) is 7.02. The highest BCUT2D eigenvalue weighted by molar-refractivity contribution is 5.95. The van der Waals surface area contributed by atoms with Crippen LogP contribution in [0.15, 0.2) is 18.2 Å². The van der Waals surface area contributed by atoms with Crippen molar-refractivity contribution in [2.24, 2.45) is 0 Å². The lowest BCUT2D eigenvalue weighted by molar-refractivity contribution is 0.0650. The van der Waals surface area contributed by atoms with Crippen LogP contribution in [0.1, 0.15) is 15.9 Å². The topological polar surface area (TPSA) is 69.9 Å². The second-order valence-electron chi connectivity index (χ2n) is 5.53. The molecule has 2 rings (SSSR count). The second kappa shape index (κ2) is 6.03. The predicted molar refractivity (Wildman–Crippen MR) is 82.2 cm³/mol. The second-order valence-corrected chi connectivity index (χ2v) is 5.53. The van der Waals surface area contributed by atoms with E-state index in [0.29, 0.717) is 37.4 Å². The molecule has 1 aliphatic rings. The summed E-state index contributed by atoms with van der Waals surface area (Å²) < 4.78 is 0. The molecule has 21 heavy (non-hydrogen) atoms. The van der Waals surface area contributed by atoms with Crippen LogP contribution in [0.5, 0.6) is 0 Å². The summed E-state index contributed by atoms with van der Waals surface area (Å²) in [5.74, 6) is -0.0290. The zero-order chi connectivity index (χ0) is 15.6. The molecule has 1 saturated heterocycles. The van der Waals surface area contributed by atoms with Crippen LogP contribution in [0, 0.1) is 6.92 Å². The third kappa shape index (κ3) is 3.26. The van der Waals surface area contributed by atoms with Crippen LogP contribution < -0.4 is 5.73 Å². The van der Waals surface area contributed by atoms with E-state index in [1.807, 2.05) is 13.0 Å². The minimum absolute atomic E-state index is 0.0123. The Morgan fingerprint density at radius 3 is 2.19 bits per heavy atom. The van der Waals surface area contributed by atoms with Crippen LogP contribution in [0.4, 0.5) is 10.5 Å². The summed E-state index contributed by atoms with van der Waals surface area (Å²) >= 11 is 0. The molecule has 1 heterocycles. The van der Waals surface area contributed by atoms with Crippen LogP contribution in [-0.4, -0.2) is 66.9 Å². The van der Waals surface area contributed by atoms with Gasteiger partial charge in [-0.15, -0.1) is 0 Å². The van der Waals surface area contributed by atoms with Gasteiger partial charge in [-0.1, -0.05) is 6.07 Å². The number of hydrogen-bond acceptors (Lipinski definition) is 3. The molecule has 0 unspecified atom stereocenters. The van der Waals surface area contributed by atoms with Gasteiger partial charge in [0.25, 0.3) is 5.91 Å². The first-order chi connectivity index (χ1) is 9.90. The van der Waals surface area contributed by atoms with Gasteiger partial charge in [0.2, 0.25) is 0 Å². The van der Waals surface area contributed by atoms with Crippen LogP contribution in [-0.2, 0) is 0 Å². The average Bonchev–Trinajstić information content (AvgIpc) is 2.48. The number of rotatable bonds is 1. The Morgan fingerprint density at radius 2 is 1.67 bits per heavy atom. The summed E-state index contributed by atoms with van der Waals surface area (Å²) in [6, 6.07) is 5.36. The fourth-order valence-electron chi connectivity index (χ4n) is 2.34. The Bertz CT molecular complexity index is 549. The highest BCUT2D eigenvalue weighted by Gasteiger charge is 2.25. The lowest BCUT2D eigenvalue weighted by Crippen LogP contribution is -2.52. The van der Waals surface area contributed by atoms with E-state index in [2.05, 4.69) is 0 Å². The number of piperazine rings is 1. The first-order valence-electron chi connectivity index (χ1n) is 7.02. The molecular formula is C15H22N4O2. The molecule has 0 radical (unpaired) electrons. The van der Waals surface area contributed by atoms with Crippen LogP contribution in [0.2, 0.25) is 0 Å². The third-order valence-corrected chi connectivity index (χ3v) is 3.75. The summed E-state index contributed by atoms with van der Waals surface area (Å²) in [6.45, 7) is 4.13. The van der Waals surface area contributed by atoms with E-state index in [0.717, 1.165) is 5.56 Å². The maximum atomic E-state index is 12.4. The van der Waals surface area contributed by atoms with Crippen LogP contribution in [0.25, 0.3) is 0 Å². The van der Waals surface area contributed by atoms with E-state index in [4.69, 9.17) is 5.73 Å². The van der Waals surface area contributed by atoms with E-state index in [1.54, 1.807) is 40.9 Å². The molecule has 3 amide bonds. The summed E-state index contributed by atoms with van der Waals surface area (Å²) in [5, 5.41) is 0. The van der Waals surface area contributed by atoms with Gasteiger partial charge in [-0.3, -0.25) is 4.79 Å². The van der Waals surface area contributed by atoms with Crippen molar-refractivity contribution in [3.05, 3.63) is 29.3 Å². The van der Waals surface area contributed by atoms with Gasteiger partial charge in [-0.05, 0) is 24.6 Å². The largest absolute Gasteiger partial charge is 0.398 e. The van der Waals surface area contributed by atoms with Gasteiger partial charge < -0.3 is 20.4 Å². The van der Waals surface area contributed by atoms with Gasteiger partial charge in [-0.2, -0.15) is 0 Å². The number of amides is 3. The standard InChI is InChI=1S/C15H22N4O2/c1-11-4-5-12(10-13(11)16)14(20)18-6-8-19(9-7-18)15(21)17(2)3/h4-5,10H,6-9,16H2,1-3H3. The van der Waals surface area contributed by atoms with Gasteiger partial charge in [0, 0.05) is 51.5 Å². The van der Waals surface area contributed by atoms with E-state index >= 15 is 0 Å². The van der Waals surface area contributed by atoms with E-state index in [1.165, 1.54) is 0 Å². The fourth-order valence-corrected chi connectivity index (χ4v) is 2.34. The maximum absolute atomic E-state index is 12.4. The average molecular weight is 290 g/mol. The van der Waals surface area contributed by atoms with Gasteiger partial charge >= 0.3 is 6.03 Å². The molecular weight excluding hydrogens is 268 g/mol. The molecule has 6 heteroatoms. The van der Waals surface area contributed by atoms with Crippen molar-refractivity contribution in [1.29, 1.82) is 0 Å². The lowest BCUT2D eigenvalue weighted by atomic mass is 10.1. The van der Waals surface area contributed by atoms with Gasteiger partial charge in [0.05, 0.1) is 0 Å². The fraction of sp³-hybridized carbons (Fsp3) is 0.467. The number of nitrogen functional groups attached to an aromatic ring is 1. The number of carbonyl (C=O) groups is 2. The number of benzene rings is 1. The smallest absolute Gasteiger partial charge is 0.319 e. The molecule has 0 aromatic heterocycles. The van der Waals surface area contributed by atoms with E-state index < -0.39 is 0 Å².